The van der Waals surface area contributed by atoms with E-state index < -0.39 is 0 Å². The summed E-state index contributed by atoms with van der Waals surface area (Å²) in [7, 11) is 0. The van der Waals surface area contributed by atoms with Crippen LogP contribution in [0.5, 0.6) is 0 Å². The van der Waals surface area contributed by atoms with Gasteiger partial charge in [0.2, 0.25) is 0 Å². The van der Waals surface area contributed by atoms with Gasteiger partial charge >= 0.3 is 0 Å². The van der Waals surface area contributed by atoms with Crippen LogP contribution in [0.4, 0.5) is 0 Å². The minimum atomic E-state index is -0.0150. The van der Waals surface area contributed by atoms with Crippen LogP contribution >= 0.6 is 0 Å². The molecular weight excluding hydrogens is 308 g/mol. The number of aromatic nitrogens is 3. The van der Waals surface area contributed by atoms with Crippen molar-refractivity contribution in [3.05, 3.63) is 41.3 Å². The van der Waals surface area contributed by atoms with E-state index in [1.807, 2.05) is 11.0 Å². The van der Waals surface area contributed by atoms with Crippen LogP contribution in [-0.2, 0) is 4.74 Å². The highest BCUT2D eigenvalue weighted by Crippen LogP contribution is 2.40. The minimum absolute atomic E-state index is 0.00267. The van der Waals surface area contributed by atoms with E-state index >= 15 is 0 Å². The summed E-state index contributed by atoms with van der Waals surface area (Å²) < 4.78 is 11.3. The van der Waals surface area contributed by atoms with Gasteiger partial charge in [-0.15, -0.1) is 0 Å². The predicted molar refractivity (Wildman–Crippen MR) is 84.3 cm³/mol. The van der Waals surface area contributed by atoms with Crippen LogP contribution in [-0.4, -0.2) is 45.1 Å². The van der Waals surface area contributed by atoms with E-state index in [4.69, 9.17) is 9.26 Å². The zero-order valence-electron chi connectivity index (χ0n) is 13.8. The van der Waals surface area contributed by atoms with Gasteiger partial charge in [-0.2, -0.15) is 0 Å². The van der Waals surface area contributed by atoms with Crippen molar-refractivity contribution in [2.45, 2.75) is 38.9 Å². The summed E-state index contributed by atoms with van der Waals surface area (Å²) in [6.45, 7) is 4.92. The molecule has 0 radical (unpaired) electrons. The van der Waals surface area contributed by atoms with Crippen LogP contribution in [0.3, 0.4) is 0 Å². The summed E-state index contributed by atoms with van der Waals surface area (Å²) >= 11 is 0. The standard InChI is InChI=1S/C17H20N4O3/c1-10-16(11(2)24-20-10)17(22)21-6-4-12-7-14(23-15(12)8-21)13-3-5-18-9-19-13/h3,5,9,12,14-15H,4,6-8H2,1-2H3/t12-,14-,15+/m1/s1. The second kappa shape index (κ2) is 5.98. The molecule has 1 amide bonds. The number of nitrogens with zero attached hydrogens (tertiary/aromatic N) is 4. The quantitative estimate of drug-likeness (QED) is 0.839. The average molecular weight is 328 g/mol. The first-order valence-corrected chi connectivity index (χ1v) is 8.27. The highest BCUT2D eigenvalue weighted by atomic mass is 16.5. The Balaban J connectivity index is 1.47. The van der Waals surface area contributed by atoms with Crippen molar-refractivity contribution in [3.63, 3.8) is 0 Å². The van der Waals surface area contributed by atoms with Gasteiger partial charge in [-0.25, -0.2) is 9.97 Å². The molecule has 2 saturated heterocycles. The zero-order valence-corrected chi connectivity index (χ0v) is 13.8. The molecule has 0 spiro atoms. The molecule has 4 rings (SSSR count). The van der Waals surface area contributed by atoms with Gasteiger partial charge in [0.25, 0.3) is 5.91 Å². The summed E-state index contributed by atoms with van der Waals surface area (Å²) in [4.78, 5) is 22.9. The van der Waals surface area contributed by atoms with E-state index in [9.17, 15) is 4.79 Å². The Bertz CT molecular complexity index is 726. The van der Waals surface area contributed by atoms with Crippen molar-refractivity contribution in [1.82, 2.24) is 20.0 Å². The lowest BCUT2D eigenvalue weighted by molar-refractivity contribution is -0.00571. The maximum Gasteiger partial charge on any atom is 0.259 e. The van der Waals surface area contributed by atoms with Crippen LogP contribution in [0.25, 0.3) is 0 Å². The largest absolute Gasteiger partial charge is 0.367 e. The fourth-order valence-corrected chi connectivity index (χ4v) is 3.74. The monoisotopic (exact) mass is 328 g/mol. The molecule has 0 aliphatic carbocycles. The molecule has 0 saturated carbocycles. The number of amides is 1. The van der Waals surface area contributed by atoms with Gasteiger partial charge in [0, 0.05) is 19.3 Å². The molecule has 2 aromatic heterocycles. The Morgan fingerprint density at radius 1 is 1.38 bits per heavy atom. The molecule has 0 aromatic carbocycles. The number of likely N-dealkylation sites (tertiary alicyclic amines) is 1. The number of fused-ring (bicyclic) bond motifs is 1. The van der Waals surface area contributed by atoms with Crippen LogP contribution in [0, 0.1) is 19.8 Å². The van der Waals surface area contributed by atoms with Gasteiger partial charge in [-0.05, 0) is 38.7 Å². The lowest BCUT2D eigenvalue weighted by Gasteiger charge is -2.34. The summed E-state index contributed by atoms with van der Waals surface area (Å²) in [5.41, 5.74) is 2.15. The molecule has 7 heteroatoms. The van der Waals surface area contributed by atoms with Crippen molar-refractivity contribution in [1.29, 1.82) is 0 Å². The normalized spacial score (nSPS) is 26.4. The summed E-state index contributed by atoms with van der Waals surface area (Å²) in [6, 6.07) is 1.90. The lowest BCUT2D eigenvalue weighted by atomic mass is 9.91. The fourth-order valence-electron chi connectivity index (χ4n) is 3.74. The Kier molecular flexibility index (Phi) is 3.80. The van der Waals surface area contributed by atoms with Crippen molar-refractivity contribution >= 4 is 5.91 Å². The second-order valence-electron chi connectivity index (χ2n) is 6.53. The highest BCUT2D eigenvalue weighted by Gasteiger charge is 2.41. The SMILES string of the molecule is Cc1noc(C)c1C(=O)N1CC[C@@H]2C[C@H](c3ccncn3)O[C@H]2C1. The molecule has 2 aliphatic rings. The average Bonchev–Trinajstić information content (AvgIpc) is 3.17. The van der Waals surface area contributed by atoms with Gasteiger partial charge < -0.3 is 14.2 Å². The smallest absolute Gasteiger partial charge is 0.259 e. The number of piperidine rings is 1. The topological polar surface area (TPSA) is 81.4 Å². The fraction of sp³-hybridized carbons (Fsp3) is 0.529. The van der Waals surface area contributed by atoms with Crippen LogP contribution in [0.15, 0.2) is 23.1 Å². The maximum atomic E-state index is 12.8. The number of carbonyl (C=O) groups is 1. The number of ether oxygens (including phenoxy) is 1. The van der Waals surface area contributed by atoms with E-state index in [2.05, 4.69) is 15.1 Å². The Morgan fingerprint density at radius 3 is 2.96 bits per heavy atom. The molecule has 2 fully saturated rings. The van der Waals surface area contributed by atoms with Crippen LogP contribution < -0.4 is 0 Å². The van der Waals surface area contributed by atoms with Gasteiger partial charge in [-0.3, -0.25) is 4.79 Å². The molecule has 126 valence electrons. The van der Waals surface area contributed by atoms with Crippen molar-refractivity contribution < 1.29 is 14.1 Å². The third kappa shape index (κ3) is 2.58. The van der Waals surface area contributed by atoms with Crippen molar-refractivity contribution in [3.8, 4) is 0 Å². The summed E-state index contributed by atoms with van der Waals surface area (Å²) in [5, 5.41) is 3.88. The first-order valence-electron chi connectivity index (χ1n) is 8.27. The molecule has 4 heterocycles. The third-order valence-corrected chi connectivity index (χ3v) is 5.02. The second-order valence-corrected chi connectivity index (χ2v) is 6.53. The molecule has 7 nitrogen and oxygen atoms in total. The summed E-state index contributed by atoms with van der Waals surface area (Å²) in [6.07, 6.45) is 5.24. The summed E-state index contributed by atoms with van der Waals surface area (Å²) in [5.74, 6) is 1.03. The first kappa shape index (κ1) is 15.3. The van der Waals surface area contributed by atoms with Gasteiger partial charge in [-0.1, -0.05) is 5.16 Å². The van der Waals surface area contributed by atoms with Crippen molar-refractivity contribution in [2.75, 3.05) is 13.1 Å². The van der Waals surface area contributed by atoms with E-state index in [1.54, 1.807) is 26.4 Å². The van der Waals surface area contributed by atoms with E-state index in [0.717, 1.165) is 25.1 Å². The van der Waals surface area contributed by atoms with E-state index in [1.165, 1.54) is 0 Å². The molecule has 2 aromatic rings. The molecule has 24 heavy (non-hydrogen) atoms. The third-order valence-electron chi connectivity index (χ3n) is 5.02. The zero-order chi connectivity index (χ0) is 16.7. The number of rotatable bonds is 2. The molecule has 0 bridgehead atoms. The molecule has 2 aliphatic heterocycles. The number of carbonyl (C=O) groups excluding carboxylic acids is 1. The molecule has 0 unspecified atom stereocenters. The number of hydrogen-bond donors (Lipinski definition) is 0. The molecule has 3 atom stereocenters. The van der Waals surface area contributed by atoms with Gasteiger partial charge in [0.1, 0.15) is 23.8 Å². The maximum absolute atomic E-state index is 12.8. The Hall–Kier alpha value is -2.28. The number of aryl methyl sites for hydroxylation is 2. The Morgan fingerprint density at radius 2 is 2.25 bits per heavy atom. The number of hydrogen-bond acceptors (Lipinski definition) is 6. The minimum Gasteiger partial charge on any atom is -0.367 e. The van der Waals surface area contributed by atoms with Crippen LogP contribution in [0.2, 0.25) is 0 Å². The first-order chi connectivity index (χ1) is 11.6. The highest BCUT2D eigenvalue weighted by molar-refractivity contribution is 5.96. The molecule has 0 N–H and O–H groups in total. The van der Waals surface area contributed by atoms with E-state index in [0.29, 0.717) is 29.5 Å². The van der Waals surface area contributed by atoms with E-state index in [-0.39, 0.29) is 18.1 Å². The van der Waals surface area contributed by atoms with Gasteiger partial charge in [0.15, 0.2) is 0 Å². The van der Waals surface area contributed by atoms with Gasteiger partial charge in [0.05, 0.1) is 17.5 Å². The van der Waals surface area contributed by atoms with Crippen LogP contribution in [0.1, 0.15) is 46.5 Å². The predicted octanol–water partition coefficient (Wildman–Crippen LogP) is 2.07. The Labute approximate surface area is 140 Å². The lowest BCUT2D eigenvalue weighted by Crippen LogP contribution is -2.45. The van der Waals surface area contributed by atoms with Crippen molar-refractivity contribution in [2.24, 2.45) is 5.92 Å². The molecular formula is C17H20N4O3.